The highest BCUT2D eigenvalue weighted by Gasteiger charge is 2.25. The first kappa shape index (κ1) is 10.2. The van der Waals surface area contributed by atoms with Crippen LogP contribution in [-0.2, 0) is 4.79 Å². The summed E-state index contributed by atoms with van der Waals surface area (Å²) in [5.74, 6) is 0.140. The molecule has 0 heterocycles. The van der Waals surface area contributed by atoms with Crippen LogP contribution >= 0.6 is 0 Å². The average Bonchev–Trinajstić information content (AvgIpc) is 2.72. The highest BCUT2D eigenvalue weighted by atomic mass is 16.2. The molecule has 1 aromatic rings. The van der Waals surface area contributed by atoms with Gasteiger partial charge >= 0.3 is 0 Å². The van der Waals surface area contributed by atoms with Crippen molar-refractivity contribution in [3.8, 4) is 0 Å². The van der Waals surface area contributed by atoms with Gasteiger partial charge in [-0.2, -0.15) is 0 Å². The van der Waals surface area contributed by atoms with E-state index < -0.39 is 0 Å². The molecule has 0 saturated heterocycles. The van der Waals surface area contributed by atoms with Crippen LogP contribution < -0.4 is 4.90 Å². The van der Waals surface area contributed by atoms with Crippen molar-refractivity contribution < 1.29 is 4.79 Å². The second-order valence-electron chi connectivity index (χ2n) is 4.09. The monoisotopic (exact) mass is 202 g/mol. The van der Waals surface area contributed by atoms with Crippen molar-refractivity contribution >= 4 is 11.6 Å². The minimum Gasteiger partial charge on any atom is -0.310 e. The Hall–Kier alpha value is -1.31. The van der Waals surface area contributed by atoms with Crippen LogP contribution in [-0.4, -0.2) is 11.9 Å². The van der Waals surface area contributed by atoms with E-state index >= 15 is 0 Å². The van der Waals surface area contributed by atoms with Crippen molar-refractivity contribution in [3.63, 3.8) is 0 Å². The van der Waals surface area contributed by atoms with E-state index in [0.717, 1.165) is 18.5 Å². The lowest BCUT2D eigenvalue weighted by Crippen LogP contribution is -2.37. The summed E-state index contributed by atoms with van der Waals surface area (Å²) in [6.07, 6.45) is 4.75. The number of hydrogen-bond donors (Lipinski definition) is 0. The van der Waals surface area contributed by atoms with Crippen LogP contribution in [0.1, 0.15) is 32.6 Å². The van der Waals surface area contributed by atoms with E-state index in [2.05, 4.69) is 6.07 Å². The maximum absolute atomic E-state index is 11.6. The Labute approximate surface area is 90.9 Å². The SMILES string of the molecule is CC(=O)N(c1c[c]ccc1)C1CCCC1. The quantitative estimate of drug-likeness (QED) is 0.722. The summed E-state index contributed by atoms with van der Waals surface area (Å²) in [5.41, 5.74) is 0.983. The van der Waals surface area contributed by atoms with Crippen LogP contribution in [0.15, 0.2) is 24.3 Å². The minimum absolute atomic E-state index is 0.140. The third kappa shape index (κ3) is 2.20. The maximum atomic E-state index is 11.6. The van der Waals surface area contributed by atoms with Gasteiger partial charge in [0.15, 0.2) is 0 Å². The Kier molecular flexibility index (Phi) is 3.05. The van der Waals surface area contributed by atoms with Crippen LogP contribution in [0.3, 0.4) is 0 Å². The zero-order chi connectivity index (χ0) is 10.7. The molecule has 0 bridgehead atoms. The zero-order valence-electron chi connectivity index (χ0n) is 9.07. The highest BCUT2D eigenvalue weighted by molar-refractivity contribution is 5.92. The van der Waals surface area contributed by atoms with E-state index in [1.165, 1.54) is 12.8 Å². The molecule has 0 aliphatic heterocycles. The lowest BCUT2D eigenvalue weighted by molar-refractivity contribution is -0.117. The number of amides is 1. The van der Waals surface area contributed by atoms with Gasteiger partial charge in [-0.05, 0) is 31.0 Å². The molecule has 0 N–H and O–H groups in total. The molecular weight excluding hydrogens is 186 g/mol. The predicted molar refractivity (Wildman–Crippen MR) is 60.7 cm³/mol. The Morgan fingerprint density at radius 1 is 1.47 bits per heavy atom. The van der Waals surface area contributed by atoms with Gasteiger partial charge < -0.3 is 4.90 Å². The molecular formula is C13H16NO. The Balaban J connectivity index is 2.23. The second kappa shape index (κ2) is 4.47. The number of nitrogens with zero attached hydrogens (tertiary/aromatic N) is 1. The second-order valence-corrected chi connectivity index (χ2v) is 4.09. The molecule has 2 nitrogen and oxygen atoms in total. The van der Waals surface area contributed by atoms with Crippen molar-refractivity contribution in [2.45, 2.75) is 38.6 Å². The van der Waals surface area contributed by atoms with E-state index in [4.69, 9.17) is 0 Å². The molecule has 0 atom stereocenters. The normalized spacial score (nSPS) is 16.6. The number of carbonyl (C=O) groups is 1. The number of hydrogen-bond acceptors (Lipinski definition) is 1. The number of benzene rings is 1. The van der Waals surface area contributed by atoms with E-state index in [9.17, 15) is 4.79 Å². The smallest absolute Gasteiger partial charge is 0.224 e. The summed E-state index contributed by atoms with van der Waals surface area (Å²) in [6, 6.07) is 11.1. The summed E-state index contributed by atoms with van der Waals surface area (Å²) in [5, 5.41) is 0. The third-order valence-electron chi connectivity index (χ3n) is 3.00. The van der Waals surface area contributed by atoms with E-state index in [1.54, 1.807) is 6.92 Å². The number of carbonyl (C=O) groups excluding carboxylic acids is 1. The molecule has 2 rings (SSSR count). The fraction of sp³-hybridized carbons (Fsp3) is 0.462. The Morgan fingerprint density at radius 3 is 2.73 bits per heavy atom. The number of anilines is 1. The van der Waals surface area contributed by atoms with Gasteiger partial charge in [0.1, 0.15) is 0 Å². The molecule has 1 saturated carbocycles. The first-order valence-corrected chi connectivity index (χ1v) is 5.55. The maximum Gasteiger partial charge on any atom is 0.224 e. The summed E-state index contributed by atoms with van der Waals surface area (Å²) in [7, 11) is 0. The first-order valence-electron chi connectivity index (χ1n) is 5.55. The first-order chi connectivity index (χ1) is 7.29. The van der Waals surface area contributed by atoms with Crippen molar-refractivity contribution in [2.24, 2.45) is 0 Å². The Bertz CT molecular complexity index is 328. The summed E-state index contributed by atoms with van der Waals surface area (Å²) < 4.78 is 0. The van der Waals surface area contributed by atoms with Gasteiger partial charge in [-0.3, -0.25) is 4.79 Å². The van der Waals surface area contributed by atoms with Crippen molar-refractivity contribution in [1.82, 2.24) is 0 Å². The van der Waals surface area contributed by atoms with Crippen molar-refractivity contribution in [2.75, 3.05) is 4.90 Å². The molecule has 1 radical (unpaired) electrons. The number of rotatable bonds is 2. The van der Waals surface area contributed by atoms with Gasteiger partial charge in [-0.25, -0.2) is 0 Å². The molecule has 0 unspecified atom stereocenters. The molecule has 0 aromatic heterocycles. The van der Waals surface area contributed by atoms with Crippen LogP contribution in [0.25, 0.3) is 0 Å². The predicted octanol–water partition coefficient (Wildman–Crippen LogP) is 2.78. The van der Waals surface area contributed by atoms with Crippen LogP contribution in [0.2, 0.25) is 0 Å². The lowest BCUT2D eigenvalue weighted by Gasteiger charge is -2.27. The van der Waals surface area contributed by atoms with Gasteiger partial charge in [0.2, 0.25) is 5.91 Å². The zero-order valence-corrected chi connectivity index (χ0v) is 9.07. The fourth-order valence-electron chi connectivity index (χ4n) is 2.35. The standard InChI is InChI=1S/C13H16NO/c1-11(15)14(13-9-5-6-10-13)12-7-3-2-4-8-12/h2-3,7-8,13H,5-6,9-10H2,1H3. The van der Waals surface area contributed by atoms with Crippen LogP contribution in [0, 0.1) is 6.07 Å². The molecule has 15 heavy (non-hydrogen) atoms. The Morgan fingerprint density at radius 2 is 2.20 bits per heavy atom. The summed E-state index contributed by atoms with van der Waals surface area (Å²) in [6.45, 7) is 1.64. The van der Waals surface area contributed by atoms with E-state index in [0.29, 0.717) is 6.04 Å². The molecule has 0 spiro atoms. The van der Waals surface area contributed by atoms with Gasteiger partial charge in [0.05, 0.1) is 0 Å². The van der Waals surface area contributed by atoms with Crippen LogP contribution in [0.4, 0.5) is 5.69 Å². The van der Waals surface area contributed by atoms with E-state index in [-0.39, 0.29) is 5.91 Å². The van der Waals surface area contributed by atoms with E-state index in [1.807, 2.05) is 29.2 Å². The van der Waals surface area contributed by atoms with Gasteiger partial charge in [-0.1, -0.05) is 25.0 Å². The molecule has 1 aliphatic rings. The summed E-state index contributed by atoms with van der Waals surface area (Å²) >= 11 is 0. The van der Waals surface area contributed by atoms with Crippen molar-refractivity contribution in [1.29, 1.82) is 0 Å². The van der Waals surface area contributed by atoms with Crippen LogP contribution in [0.5, 0.6) is 0 Å². The lowest BCUT2D eigenvalue weighted by atomic mass is 10.1. The molecule has 79 valence electrons. The van der Waals surface area contributed by atoms with Crippen molar-refractivity contribution in [3.05, 3.63) is 30.3 Å². The topological polar surface area (TPSA) is 20.3 Å². The summed E-state index contributed by atoms with van der Waals surface area (Å²) in [4.78, 5) is 13.6. The van der Waals surface area contributed by atoms with Gasteiger partial charge in [0, 0.05) is 18.7 Å². The fourth-order valence-corrected chi connectivity index (χ4v) is 2.35. The third-order valence-corrected chi connectivity index (χ3v) is 3.00. The minimum atomic E-state index is 0.140. The van der Waals surface area contributed by atoms with Gasteiger partial charge in [0.25, 0.3) is 0 Å². The molecule has 1 amide bonds. The van der Waals surface area contributed by atoms with Gasteiger partial charge in [-0.15, -0.1) is 0 Å². The molecule has 1 aromatic carbocycles. The largest absolute Gasteiger partial charge is 0.310 e. The average molecular weight is 202 g/mol. The highest BCUT2D eigenvalue weighted by Crippen LogP contribution is 2.27. The molecule has 1 aliphatic carbocycles. The molecule has 1 fully saturated rings. The molecule has 2 heteroatoms.